The minimum atomic E-state index is 0.822. The molecule has 2 saturated carbocycles. The topological polar surface area (TPSA) is 9.23 Å². The molecule has 2 aliphatic carbocycles. The second-order valence-electron chi connectivity index (χ2n) is 9.00. The van der Waals surface area contributed by atoms with Crippen molar-refractivity contribution >= 4 is 0 Å². The summed E-state index contributed by atoms with van der Waals surface area (Å²) in [5.74, 6) is 5.15. The fraction of sp³-hybridized carbons (Fsp3) is 0.760. The zero-order valence-electron chi connectivity index (χ0n) is 17.2. The maximum atomic E-state index is 5.69. The Morgan fingerprint density at radius 2 is 1.35 bits per heavy atom. The van der Waals surface area contributed by atoms with Crippen LogP contribution in [0.15, 0.2) is 24.3 Å². The van der Waals surface area contributed by atoms with E-state index in [-0.39, 0.29) is 0 Å². The third-order valence-corrected chi connectivity index (χ3v) is 7.26. The van der Waals surface area contributed by atoms with Gasteiger partial charge in [0.1, 0.15) is 5.75 Å². The standard InChI is InChI=1S/C25H40O/c1-3-19-26-25-17-11-22(12-18-25)6-5-21-9-15-24(16-10-21)23-13-7-20(4-2)8-14-23/h11-12,17-18,20-21,23-24H,3-10,13-16,19H2,1-2H3. The van der Waals surface area contributed by atoms with Gasteiger partial charge in [-0.15, -0.1) is 0 Å². The highest BCUT2D eigenvalue weighted by Crippen LogP contribution is 2.42. The normalized spacial score (nSPS) is 29.5. The first-order valence-corrected chi connectivity index (χ1v) is 11.5. The molecule has 146 valence electrons. The van der Waals surface area contributed by atoms with E-state index in [1.54, 1.807) is 0 Å². The van der Waals surface area contributed by atoms with Gasteiger partial charge < -0.3 is 4.74 Å². The predicted octanol–water partition coefficient (Wildman–Crippen LogP) is 7.43. The van der Waals surface area contributed by atoms with Crippen LogP contribution in [0.25, 0.3) is 0 Å². The Morgan fingerprint density at radius 1 is 0.769 bits per heavy atom. The van der Waals surface area contributed by atoms with E-state index < -0.39 is 0 Å². The molecule has 0 aliphatic heterocycles. The van der Waals surface area contributed by atoms with E-state index in [9.17, 15) is 0 Å². The molecule has 0 aromatic heterocycles. The smallest absolute Gasteiger partial charge is 0.119 e. The van der Waals surface area contributed by atoms with Gasteiger partial charge in [0.05, 0.1) is 6.61 Å². The first-order valence-electron chi connectivity index (χ1n) is 11.5. The van der Waals surface area contributed by atoms with Crippen molar-refractivity contribution in [1.29, 1.82) is 0 Å². The number of aryl methyl sites for hydroxylation is 1. The van der Waals surface area contributed by atoms with Crippen molar-refractivity contribution in [1.82, 2.24) is 0 Å². The van der Waals surface area contributed by atoms with E-state index in [1.807, 2.05) is 0 Å². The lowest BCUT2D eigenvalue weighted by molar-refractivity contribution is 0.142. The van der Waals surface area contributed by atoms with Gasteiger partial charge in [0.15, 0.2) is 0 Å². The number of hydrogen-bond acceptors (Lipinski definition) is 1. The molecule has 3 rings (SSSR count). The molecule has 1 aromatic carbocycles. The summed E-state index contributed by atoms with van der Waals surface area (Å²) in [5, 5.41) is 0. The molecule has 26 heavy (non-hydrogen) atoms. The van der Waals surface area contributed by atoms with Gasteiger partial charge in [-0.2, -0.15) is 0 Å². The lowest BCUT2D eigenvalue weighted by Crippen LogP contribution is -2.25. The Kier molecular flexibility index (Phi) is 7.89. The molecule has 0 radical (unpaired) electrons. The van der Waals surface area contributed by atoms with E-state index >= 15 is 0 Å². The molecule has 2 aliphatic rings. The third kappa shape index (κ3) is 5.76. The maximum Gasteiger partial charge on any atom is 0.119 e. The van der Waals surface area contributed by atoms with Gasteiger partial charge in [0, 0.05) is 0 Å². The van der Waals surface area contributed by atoms with Crippen LogP contribution in [0.2, 0.25) is 0 Å². The fourth-order valence-electron chi connectivity index (χ4n) is 5.36. The van der Waals surface area contributed by atoms with Crippen molar-refractivity contribution in [2.75, 3.05) is 6.61 Å². The number of ether oxygens (including phenoxy) is 1. The molecular formula is C25H40O. The maximum absolute atomic E-state index is 5.69. The Hall–Kier alpha value is -0.980. The average molecular weight is 357 g/mol. The second kappa shape index (κ2) is 10.4. The number of rotatable bonds is 8. The second-order valence-corrected chi connectivity index (χ2v) is 9.00. The van der Waals surface area contributed by atoms with Gasteiger partial charge in [0.25, 0.3) is 0 Å². The summed E-state index contributed by atoms with van der Waals surface area (Å²) in [7, 11) is 0. The Labute approximate surface area is 161 Å². The summed E-state index contributed by atoms with van der Waals surface area (Å²) in [6.45, 7) is 5.35. The lowest BCUT2D eigenvalue weighted by Gasteiger charge is -2.37. The zero-order chi connectivity index (χ0) is 18.2. The van der Waals surface area contributed by atoms with E-state index in [1.165, 1.54) is 76.2 Å². The summed E-state index contributed by atoms with van der Waals surface area (Å²) in [6.07, 6.45) is 17.2. The van der Waals surface area contributed by atoms with Crippen LogP contribution in [0.4, 0.5) is 0 Å². The Bertz CT molecular complexity index is 489. The van der Waals surface area contributed by atoms with E-state index in [2.05, 4.69) is 38.1 Å². The molecule has 2 fully saturated rings. The number of benzene rings is 1. The molecule has 0 N–H and O–H groups in total. The van der Waals surface area contributed by atoms with Crippen LogP contribution in [0.5, 0.6) is 5.75 Å². The lowest BCUT2D eigenvalue weighted by atomic mass is 9.68. The molecule has 0 amide bonds. The fourth-order valence-corrected chi connectivity index (χ4v) is 5.36. The minimum absolute atomic E-state index is 0.822. The number of hydrogen-bond donors (Lipinski definition) is 0. The monoisotopic (exact) mass is 356 g/mol. The van der Waals surface area contributed by atoms with Crippen molar-refractivity contribution in [3.63, 3.8) is 0 Å². The minimum Gasteiger partial charge on any atom is -0.494 e. The largest absolute Gasteiger partial charge is 0.494 e. The molecule has 1 aromatic rings. The van der Waals surface area contributed by atoms with Gasteiger partial charge >= 0.3 is 0 Å². The van der Waals surface area contributed by atoms with Gasteiger partial charge in [-0.05, 0) is 86.3 Å². The first kappa shape index (κ1) is 19.8. The van der Waals surface area contributed by atoms with Crippen LogP contribution < -0.4 is 4.74 Å². The van der Waals surface area contributed by atoms with E-state index in [0.717, 1.165) is 42.4 Å². The van der Waals surface area contributed by atoms with Gasteiger partial charge in [0.2, 0.25) is 0 Å². The van der Waals surface area contributed by atoms with Crippen molar-refractivity contribution in [3.05, 3.63) is 29.8 Å². The molecule has 0 bridgehead atoms. The van der Waals surface area contributed by atoms with Gasteiger partial charge in [-0.3, -0.25) is 0 Å². The van der Waals surface area contributed by atoms with Crippen LogP contribution in [0.1, 0.15) is 90.0 Å². The highest BCUT2D eigenvalue weighted by molar-refractivity contribution is 5.27. The molecular weight excluding hydrogens is 316 g/mol. The summed E-state index contributed by atoms with van der Waals surface area (Å²) in [4.78, 5) is 0. The first-order chi connectivity index (χ1) is 12.8. The van der Waals surface area contributed by atoms with Crippen LogP contribution in [0.3, 0.4) is 0 Å². The summed E-state index contributed by atoms with van der Waals surface area (Å²) < 4.78 is 5.69. The average Bonchev–Trinajstić information content (AvgIpc) is 2.72. The van der Waals surface area contributed by atoms with Crippen molar-refractivity contribution < 1.29 is 4.74 Å². The summed E-state index contributed by atoms with van der Waals surface area (Å²) in [6, 6.07) is 8.83. The van der Waals surface area contributed by atoms with Crippen molar-refractivity contribution in [3.8, 4) is 5.75 Å². The molecule has 0 atom stereocenters. The quantitative estimate of drug-likeness (QED) is 0.470. The molecule has 0 unspecified atom stereocenters. The van der Waals surface area contributed by atoms with Crippen LogP contribution >= 0.6 is 0 Å². The van der Waals surface area contributed by atoms with Crippen LogP contribution in [-0.4, -0.2) is 6.61 Å². The zero-order valence-corrected chi connectivity index (χ0v) is 17.2. The summed E-state index contributed by atoms with van der Waals surface area (Å²) >= 11 is 0. The van der Waals surface area contributed by atoms with E-state index in [4.69, 9.17) is 4.74 Å². The highest BCUT2D eigenvalue weighted by atomic mass is 16.5. The van der Waals surface area contributed by atoms with Crippen molar-refractivity contribution in [2.24, 2.45) is 23.7 Å². The van der Waals surface area contributed by atoms with Gasteiger partial charge in [-0.1, -0.05) is 58.1 Å². The third-order valence-electron chi connectivity index (χ3n) is 7.26. The SMILES string of the molecule is CCCOc1ccc(CCC2CCC(C3CCC(CC)CC3)CC2)cc1. The predicted molar refractivity (Wildman–Crippen MR) is 112 cm³/mol. The Morgan fingerprint density at radius 3 is 1.88 bits per heavy atom. The Balaban J connectivity index is 1.35. The molecule has 0 saturated heterocycles. The van der Waals surface area contributed by atoms with Crippen LogP contribution in [0, 0.1) is 23.7 Å². The van der Waals surface area contributed by atoms with Crippen LogP contribution in [-0.2, 0) is 6.42 Å². The van der Waals surface area contributed by atoms with E-state index in [0.29, 0.717) is 0 Å². The van der Waals surface area contributed by atoms with Gasteiger partial charge in [-0.25, -0.2) is 0 Å². The highest BCUT2D eigenvalue weighted by Gasteiger charge is 2.30. The molecule has 1 nitrogen and oxygen atoms in total. The summed E-state index contributed by atoms with van der Waals surface area (Å²) in [5.41, 5.74) is 1.48. The molecule has 1 heteroatoms. The molecule has 0 heterocycles. The van der Waals surface area contributed by atoms with Crippen molar-refractivity contribution in [2.45, 2.75) is 90.9 Å². The molecule has 0 spiro atoms.